The van der Waals surface area contributed by atoms with Crippen LogP contribution >= 0.6 is 0 Å². The third kappa shape index (κ3) is 5.46. The van der Waals surface area contributed by atoms with Crippen LogP contribution in [0.2, 0.25) is 0 Å². The Morgan fingerprint density at radius 3 is 2.53 bits per heavy atom. The van der Waals surface area contributed by atoms with Gasteiger partial charge < -0.3 is 5.32 Å². The molecule has 0 aromatic heterocycles. The molecule has 0 radical (unpaired) electrons. The minimum Gasteiger partial charge on any atom is -0.314 e. The van der Waals surface area contributed by atoms with Gasteiger partial charge in [0, 0.05) is 19.1 Å². The van der Waals surface area contributed by atoms with Crippen molar-refractivity contribution >= 4 is 10.0 Å². The number of nitrogens with one attached hydrogen (secondary N) is 1. The molecule has 6 heteroatoms. The quantitative estimate of drug-likeness (QED) is 0.600. The average molecular weight is 235 g/mol. The van der Waals surface area contributed by atoms with Crippen LogP contribution in [0.3, 0.4) is 0 Å². The highest BCUT2D eigenvalue weighted by Crippen LogP contribution is 2.10. The first-order valence-electron chi connectivity index (χ1n) is 5.44. The number of likely N-dealkylation sites (tertiary alicyclic amines) is 1. The predicted molar refractivity (Wildman–Crippen MR) is 61.1 cm³/mol. The zero-order chi connectivity index (χ0) is 11.3. The van der Waals surface area contributed by atoms with E-state index in [2.05, 4.69) is 17.1 Å². The smallest absolute Gasteiger partial charge is 0.210 e. The highest BCUT2D eigenvalue weighted by molar-refractivity contribution is 7.89. The van der Waals surface area contributed by atoms with E-state index in [0.29, 0.717) is 12.6 Å². The van der Waals surface area contributed by atoms with Crippen molar-refractivity contribution in [3.05, 3.63) is 0 Å². The molecule has 90 valence electrons. The van der Waals surface area contributed by atoms with Crippen molar-refractivity contribution in [1.82, 2.24) is 10.2 Å². The van der Waals surface area contributed by atoms with E-state index in [-0.39, 0.29) is 5.75 Å². The minimum atomic E-state index is -3.32. The molecule has 0 amide bonds. The number of hydrogen-bond acceptors (Lipinski definition) is 4. The molecule has 1 atom stereocenters. The van der Waals surface area contributed by atoms with E-state index in [0.717, 1.165) is 19.6 Å². The Hall–Kier alpha value is -0.170. The Bertz CT molecular complexity index is 273. The molecule has 0 aromatic rings. The first-order chi connectivity index (χ1) is 6.99. The van der Waals surface area contributed by atoms with Gasteiger partial charge in [0.1, 0.15) is 0 Å². The summed E-state index contributed by atoms with van der Waals surface area (Å²) in [6.45, 7) is 5.76. The maximum absolute atomic E-state index is 10.7. The number of nitrogens with zero attached hydrogens (tertiary/aromatic N) is 1. The molecule has 1 rings (SSSR count). The van der Waals surface area contributed by atoms with Crippen LogP contribution in [0.15, 0.2) is 0 Å². The molecule has 1 unspecified atom stereocenters. The van der Waals surface area contributed by atoms with Crippen LogP contribution in [-0.4, -0.2) is 51.3 Å². The summed E-state index contributed by atoms with van der Waals surface area (Å²) < 4.78 is 21.3. The van der Waals surface area contributed by atoms with Crippen molar-refractivity contribution in [2.24, 2.45) is 5.14 Å². The molecule has 1 aliphatic rings. The van der Waals surface area contributed by atoms with Gasteiger partial charge in [-0.3, -0.25) is 4.90 Å². The van der Waals surface area contributed by atoms with Crippen LogP contribution in [0.1, 0.15) is 19.8 Å². The number of primary sulfonamides is 1. The zero-order valence-corrected chi connectivity index (χ0v) is 10.1. The first-order valence-corrected chi connectivity index (χ1v) is 7.16. The Morgan fingerprint density at radius 2 is 2.00 bits per heavy atom. The number of nitrogens with two attached hydrogens (primary N) is 1. The summed E-state index contributed by atoms with van der Waals surface area (Å²) in [5.41, 5.74) is 0. The van der Waals surface area contributed by atoms with Crippen molar-refractivity contribution in [2.45, 2.75) is 25.8 Å². The predicted octanol–water partition coefficient (Wildman–Crippen LogP) is -0.651. The molecule has 0 aromatic carbocycles. The van der Waals surface area contributed by atoms with Crippen LogP contribution in [0.4, 0.5) is 0 Å². The monoisotopic (exact) mass is 235 g/mol. The normalized spacial score (nSPS) is 20.7. The second-order valence-electron chi connectivity index (χ2n) is 4.16. The summed E-state index contributed by atoms with van der Waals surface area (Å²) in [7, 11) is -3.32. The molecular formula is C9H21N3O2S. The lowest BCUT2D eigenvalue weighted by atomic mass is 10.3. The summed E-state index contributed by atoms with van der Waals surface area (Å²) in [4.78, 5) is 2.42. The van der Waals surface area contributed by atoms with Gasteiger partial charge in [-0.2, -0.15) is 0 Å². The molecule has 1 heterocycles. The molecule has 1 aliphatic heterocycles. The Kier molecular flexibility index (Phi) is 4.98. The van der Waals surface area contributed by atoms with Crippen LogP contribution in [-0.2, 0) is 10.0 Å². The lowest BCUT2D eigenvalue weighted by Crippen LogP contribution is -2.40. The van der Waals surface area contributed by atoms with Crippen LogP contribution in [0, 0.1) is 0 Å². The van der Waals surface area contributed by atoms with Gasteiger partial charge in [-0.05, 0) is 32.9 Å². The molecular weight excluding hydrogens is 214 g/mol. The summed E-state index contributed by atoms with van der Waals surface area (Å²) in [6.07, 6.45) is 2.56. The molecule has 0 bridgehead atoms. The van der Waals surface area contributed by atoms with E-state index in [9.17, 15) is 8.42 Å². The topological polar surface area (TPSA) is 75.4 Å². The standard InChI is InChI=1S/C9H21N3O2S/c1-9(12-5-2-3-6-12)8-11-4-7-15(10,13)14/h9,11H,2-8H2,1H3,(H2,10,13,14). The minimum absolute atomic E-state index is 0.0136. The molecule has 3 N–H and O–H groups in total. The van der Waals surface area contributed by atoms with Crippen LogP contribution in [0.5, 0.6) is 0 Å². The van der Waals surface area contributed by atoms with Crippen molar-refractivity contribution in [3.63, 3.8) is 0 Å². The van der Waals surface area contributed by atoms with Crippen LogP contribution < -0.4 is 10.5 Å². The molecule has 5 nitrogen and oxygen atoms in total. The molecule has 0 spiro atoms. The fourth-order valence-electron chi connectivity index (χ4n) is 1.84. The van der Waals surface area contributed by atoms with Gasteiger partial charge >= 0.3 is 0 Å². The average Bonchev–Trinajstić information content (AvgIpc) is 2.63. The van der Waals surface area contributed by atoms with Crippen molar-refractivity contribution in [3.8, 4) is 0 Å². The van der Waals surface area contributed by atoms with Gasteiger partial charge in [0.2, 0.25) is 10.0 Å². The summed E-state index contributed by atoms with van der Waals surface area (Å²) in [6, 6.07) is 0.480. The van der Waals surface area contributed by atoms with E-state index in [1.807, 2.05) is 0 Å². The summed E-state index contributed by atoms with van der Waals surface area (Å²) >= 11 is 0. The SMILES string of the molecule is CC(CNCCS(N)(=O)=O)N1CCCC1. The summed E-state index contributed by atoms with van der Waals surface area (Å²) in [5, 5.41) is 8.01. The highest BCUT2D eigenvalue weighted by atomic mass is 32.2. The van der Waals surface area contributed by atoms with Gasteiger partial charge in [-0.15, -0.1) is 0 Å². The molecule has 1 saturated heterocycles. The number of hydrogen-bond donors (Lipinski definition) is 2. The second-order valence-corrected chi connectivity index (χ2v) is 5.90. The van der Waals surface area contributed by atoms with Gasteiger partial charge in [-0.25, -0.2) is 13.6 Å². The van der Waals surface area contributed by atoms with E-state index < -0.39 is 10.0 Å². The van der Waals surface area contributed by atoms with E-state index in [1.165, 1.54) is 12.8 Å². The third-order valence-corrected chi connectivity index (χ3v) is 3.54. The Morgan fingerprint density at radius 1 is 1.40 bits per heavy atom. The number of sulfonamides is 1. The lowest BCUT2D eigenvalue weighted by Gasteiger charge is -2.23. The van der Waals surface area contributed by atoms with Crippen LogP contribution in [0.25, 0.3) is 0 Å². The van der Waals surface area contributed by atoms with E-state index in [1.54, 1.807) is 0 Å². The van der Waals surface area contributed by atoms with Gasteiger partial charge in [0.25, 0.3) is 0 Å². The Labute approximate surface area is 92.1 Å². The van der Waals surface area contributed by atoms with E-state index in [4.69, 9.17) is 5.14 Å². The maximum atomic E-state index is 10.7. The molecule has 15 heavy (non-hydrogen) atoms. The van der Waals surface area contributed by atoms with Crippen molar-refractivity contribution in [1.29, 1.82) is 0 Å². The Balaban J connectivity index is 2.09. The van der Waals surface area contributed by atoms with E-state index >= 15 is 0 Å². The van der Waals surface area contributed by atoms with Gasteiger partial charge in [-0.1, -0.05) is 0 Å². The lowest BCUT2D eigenvalue weighted by molar-refractivity contribution is 0.253. The number of rotatable bonds is 6. The van der Waals surface area contributed by atoms with Crippen molar-refractivity contribution in [2.75, 3.05) is 31.9 Å². The first kappa shape index (κ1) is 12.9. The molecule has 0 aliphatic carbocycles. The van der Waals surface area contributed by atoms with Gasteiger partial charge in [0.15, 0.2) is 0 Å². The molecule has 1 fully saturated rings. The largest absolute Gasteiger partial charge is 0.314 e. The fourth-order valence-corrected chi connectivity index (χ4v) is 2.27. The summed E-state index contributed by atoms with van der Waals surface area (Å²) in [5.74, 6) is 0.0136. The van der Waals surface area contributed by atoms with Gasteiger partial charge in [0.05, 0.1) is 5.75 Å². The second kappa shape index (κ2) is 5.79. The van der Waals surface area contributed by atoms with Crippen molar-refractivity contribution < 1.29 is 8.42 Å². The molecule has 0 saturated carbocycles. The fraction of sp³-hybridized carbons (Fsp3) is 1.00. The maximum Gasteiger partial charge on any atom is 0.210 e. The highest BCUT2D eigenvalue weighted by Gasteiger charge is 2.17. The third-order valence-electron chi connectivity index (χ3n) is 2.77. The zero-order valence-electron chi connectivity index (χ0n) is 9.28.